The predicted octanol–water partition coefficient (Wildman–Crippen LogP) is 4.27. The highest BCUT2D eigenvalue weighted by Gasteiger charge is 2.07. The molecule has 0 aliphatic heterocycles. The number of nitrogen functional groups attached to an aromatic ring is 1. The van der Waals surface area contributed by atoms with Crippen molar-refractivity contribution in [2.75, 3.05) is 12.8 Å². The smallest absolute Gasteiger partial charge is 0.0931 e. The predicted molar refractivity (Wildman–Crippen MR) is 80.4 cm³/mol. The second-order valence-corrected chi connectivity index (χ2v) is 6.44. The Kier molecular flexibility index (Phi) is 4.51. The number of thiophene rings is 1. The first kappa shape index (κ1) is 13.7. The maximum atomic E-state index is 6.16. The first-order valence-electron chi connectivity index (χ1n) is 5.51. The summed E-state index contributed by atoms with van der Waals surface area (Å²) in [6.45, 7) is 1.65. The maximum absolute atomic E-state index is 6.16. The van der Waals surface area contributed by atoms with Crippen LogP contribution in [0.15, 0.2) is 30.3 Å². The molecule has 0 aliphatic rings. The van der Waals surface area contributed by atoms with Crippen LogP contribution in [0.4, 0.5) is 5.69 Å². The van der Waals surface area contributed by atoms with Crippen LogP contribution in [0.5, 0.6) is 0 Å². The van der Waals surface area contributed by atoms with Gasteiger partial charge in [0.15, 0.2) is 0 Å². The molecule has 0 unspecified atom stereocenters. The molecule has 2 nitrogen and oxygen atoms in total. The van der Waals surface area contributed by atoms with E-state index in [1.165, 1.54) is 4.88 Å². The van der Waals surface area contributed by atoms with Gasteiger partial charge in [-0.15, -0.1) is 11.3 Å². The first-order valence-corrected chi connectivity index (χ1v) is 7.08. The van der Waals surface area contributed by atoms with E-state index in [-0.39, 0.29) is 0 Å². The van der Waals surface area contributed by atoms with E-state index >= 15 is 0 Å². The molecule has 0 fully saturated rings. The van der Waals surface area contributed by atoms with Gasteiger partial charge in [-0.3, -0.25) is 4.90 Å². The Bertz CT molecular complexity index is 540. The number of benzene rings is 1. The summed E-state index contributed by atoms with van der Waals surface area (Å²) in [5.41, 5.74) is 7.44. The zero-order valence-corrected chi connectivity index (χ0v) is 12.3. The minimum absolute atomic E-state index is 0.691. The Balaban J connectivity index is 2.00. The summed E-state index contributed by atoms with van der Waals surface area (Å²) in [6, 6.07) is 9.60. The van der Waals surface area contributed by atoms with Gasteiger partial charge in [-0.1, -0.05) is 29.3 Å². The fourth-order valence-electron chi connectivity index (χ4n) is 1.74. The number of nitrogens with two attached hydrogens (primary N) is 1. The van der Waals surface area contributed by atoms with Gasteiger partial charge in [0.1, 0.15) is 0 Å². The Morgan fingerprint density at radius 3 is 2.56 bits per heavy atom. The third-order valence-electron chi connectivity index (χ3n) is 2.57. The summed E-state index contributed by atoms with van der Waals surface area (Å²) in [5, 5.41) is 0.714. The molecule has 5 heteroatoms. The fourth-order valence-corrected chi connectivity index (χ4v) is 3.16. The highest BCUT2D eigenvalue weighted by atomic mass is 35.5. The summed E-state index contributed by atoms with van der Waals surface area (Å²) in [7, 11) is 2.06. The molecule has 0 spiro atoms. The van der Waals surface area contributed by atoms with Gasteiger partial charge in [-0.2, -0.15) is 0 Å². The lowest BCUT2D eigenvalue weighted by atomic mass is 10.2. The van der Waals surface area contributed by atoms with Crippen LogP contribution in [0, 0.1) is 0 Å². The van der Waals surface area contributed by atoms with Crippen LogP contribution in [0.1, 0.15) is 10.4 Å². The molecule has 96 valence electrons. The molecule has 2 aromatic rings. The van der Waals surface area contributed by atoms with E-state index in [1.807, 2.05) is 24.3 Å². The topological polar surface area (TPSA) is 29.3 Å². The van der Waals surface area contributed by atoms with E-state index < -0.39 is 0 Å². The van der Waals surface area contributed by atoms with Gasteiger partial charge in [0.25, 0.3) is 0 Å². The highest BCUT2D eigenvalue weighted by molar-refractivity contribution is 7.16. The zero-order valence-electron chi connectivity index (χ0n) is 9.99. The molecule has 0 aliphatic carbocycles. The number of hydrogen-bond donors (Lipinski definition) is 1. The second-order valence-electron chi connectivity index (χ2n) is 4.23. The number of nitrogens with zero attached hydrogens (tertiary/aromatic N) is 1. The number of halogens is 2. The van der Waals surface area contributed by atoms with Crippen LogP contribution < -0.4 is 5.73 Å². The minimum Gasteiger partial charge on any atom is -0.399 e. The molecule has 1 aromatic heterocycles. The fraction of sp³-hybridized carbons (Fsp3) is 0.231. The molecule has 0 radical (unpaired) electrons. The Labute approximate surface area is 121 Å². The molecule has 18 heavy (non-hydrogen) atoms. The normalized spacial score (nSPS) is 11.1. The maximum Gasteiger partial charge on any atom is 0.0931 e. The summed E-state index contributed by atoms with van der Waals surface area (Å²) in [6.07, 6.45) is 0. The van der Waals surface area contributed by atoms with Gasteiger partial charge >= 0.3 is 0 Å². The van der Waals surface area contributed by atoms with Crippen molar-refractivity contribution in [1.29, 1.82) is 0 Å². The van der Waals surface area contributed by atoms with Crippen molar-refractivity contribution < 1.29 is 0 Å². The second kappa shape index (κ2) is 5.93. The van der Waals surface area contributed by atoms with Crippen LogP contribution >= 0.6 is 34.5 Å². The summed E-state index contributed by atoms with van der Waals surface area (Å²) in [5.74, 6) is 0. The molecule has 0 amide bonds. The molecule has 2 N–H and O–H groups in total. The SMILES string of the molecule is CN(Cc1ccc(Cl)s1)Cc1ccc(N)cc1Cl. The summed E-state index contributed by atoms with van der Waals surface area (Å²) in [4.78, 5) is 3.44. The van der Waals surface area contributed by atoms with Crippen LogP contribution in [0.25, 0.3) is 0 Å². The van der Waals surface area contributed by atoms with Crippen LogP contribution in [-0.4, -0.2) is 11.9 Å². The Morgan fingerprint density at radius 2 is 1.94 bits per heavy atom. The highest BCUT2D eigenvalue weighted by Crippen LogP contribution is 2.24. The molecule has 2 rings (SSSR count). The quantitative estimate of drug-likeness (QED) is 0.855. The average Bonchev–Trinajstić information content (AvgIpc) is 2.68. The zero-order chi connectivity index (χ0) is 13.1. The number of anilines is 1. The van der Waals surface area contributed by atoms with Crippen molar-refractivity contribution in [2.24, 2.45) is 0 Å². The van der Waals surface area contributed by atoms with Crippen LogP contribution in [0.3, 0.4) is 0 Å². The monoisotopic (exact) mass is 300 g/mol. The summed E-state index contributed by atoms with van der Waals surface area (Å²) < 4.78 is 0.823. The van der Waals surface area contributed by atoms with Gasteiger partial charge in [-0.05, 0) is 36.9 Å². The Morgan fingerprint density at radius 1 is 1.17 bits per heavy atom. The lowest BCUT2D eigenvalue weighted by Gasteiger charge is -2.16. The molecule has 0 atom stereocenters. The third-order valence-corrected chi connectivity index (χ3v) is 4.14. The lowest BCUT2D eigenvalue weighted by molar-refractivity contribution is 0.322. The van der Waals surface area contributed by atoms with E-state index in [0.717, 1.165) is 23.0 Å². The van der Waals surface area contributed by atoms with E-state index in [4.69, 9.17) is 28.9 Å². The van der Waals surface area contributed by atoms with Gasteiger partial charge in [0.2, 0.25) is 0 Å². The third kappa shape index (κ3) is 3.62. The molecule has 0 saturated carbocycles. The van der Waals surface area contributed by atoms with Crippen LogP contribution in [0.2, 0.25) is 9.36 Å². The minimum atomic E-state index is 0.691. The van der Waals surface area contributed by atoms with Crippen molar-refractivity contribution in [3.05, 3.63) is 50.1 Å². The molecule has 1 aromatic carbocycles. The van der Waals surface area contributed by atoms with Gasteiger partial charge < -0.3 is 5.73 Å². The van der Waals surface area contributed by atoms with Crippen molar-refractivity contribution in [3.63, 3.8) is 0 Å². The number of hydrogen-bond acceptors (Lipinski definition) is 3. The first-order chi connectivity index (χ1) is 8.54. The molecule has 0 bridgehead atoms. The van der Waals surface area contributed by atoms with E-state index in [1.54, 1.807) is 17.4 Å². The molecular weight excluding hydrogens is 287 g/mol. The standard InChI is InChI=1S/C13H14Cl2N2S/c1-17(8-11-4-5-13(15)18-11)7-9-2-3-10(16)6-12(9)14/h2-6H,7-8,16H2,1H3. The van der Waals surface area contributed by atoms with Crippen molar-refractivity contribution in [3.8, 4) is 0 Å². The van der Waals surface area contributed by atoms with Gasteiger partial charge in [0, 0.05) is 28.7 Å². The largest absolute Gasteiger partial charge is 0.399 e. The molecule has 0 saturated heterocycles. The van der Waals surface area contributed by atoms with Crippen molar-refractivity contribution in [1.82, 2.24) is 4.90 Å². The molecule has 1 heterocycles. The van der Waals surface area contributed by atoms with Crippen LogP contribution in [-0.2, 0) is 13.1 Å². The van der Waals surface area contributed by atoms with Crippen molar-refractivity contribution >= 4 is 40.2 Å². The average molecular weight is 301 g/mol. The van der Waals surface area contributed by atoms with E-state index in [9.17, 15) is 0 Å². The van der Waals surface area contributed by atoms with Gasteiger partial charge in [-0.25, -0.2) is 0 Å². The summed E-state index contributed by atoms with van der Waals surface area (Å²) >= 11 is 13.7. The van der Waals surface area contributed by atoms with Gasteiger partial charge in [0.05, 0.1) is 4.34 Å². The number of rotatable bonds is 4. The van der Waals surface area contributed by atoms with Crippen molar-refractivity contribution in [2.45, 2.75) is 13.1 Å². The van der Waals surface area contributed by atoms with E-state index in [0.29, 0.717) is 10.7 Å². The Hall–Kier alpha value is -0.740. The molecular formula is C13H14Cl2N2S. The lowest BCUT2D eigenvalue weighted by Crippen LogP contribution is -2.16. The van der Waals surface area contributed by atoms with E-state index in [2.05, 4.69) is 11.9 Å².